The molecule has 25 heavy (non-hydrogen) atoms. The molecule has 0 bridgehead atoms. The second-order valence-electron chi connectivity index (χ2n) is 5.35. The van der Waals surface area contributed by atoms with Crippen LogP contribution in [0.4, 0.5) is 0 Å². The van der Waals surface area contributed by atoms with E-state index in [4.69, 9.17) is 16.6 Å². The van der Waals surface area contributed by atoms with Gasteiger partial charge in [0.1, 0.15) is 10.4 Å². The number of pyridine rings is 1. The summed E-state index contributed by atoms with van der Waals surface area (Å²) in [6.07, 6.45) is 1.69. The van der Waals surface area contributed by atoms with E-state index in [1.807, 2.05) is 36.4 Å². The molecule has 0 atom stereocenters. The van der Waals surface area contributed by atoms with Gasteiger partial charge < -0.3 is 14.7 Å². The van der Waals surface area contributed by atoms with Gasteiger partial charge >= 0.3 is 0 Å². The molecule has 0 saturated carbocycles. The number of thiazole rings is 1. The van der Waals surface area contributed by atoms with Crippen LogP contribution in [0.5, 0.6) is 0 Å². The summed E-state index contributed by atoms with van der Waals surface area (Å²) in [5, 5.41) is 3.63. The Bertz CT molecular complexity index is 1080. The normalized spacial score (nSPS) is 10.9. The Kier molecular flexibility index (Phi) is 4.17. The molecule has 0 aliphatic carbocycles. The minimum atomic E-state index is -0.236. The first-order chi connectivity index (χ1) is 12.2. The molecule has 124 valence electrons. The Labute approximate surface area is 152 Å². The van der Waals surface area contributed by atoms with Crippen molar-refractivity contribution >= 4 is 39.7 Å². The van der Waals surface area contributed by atoms with Crippen molar-refractivity contribution in [1.29, 1.82) is 0 Å². The number of rotatable bonds is 4. The number of nitrogens with zero attached hydrogens (tertiary/aromatic N) is 1. The first kappa shape index (κ1) is 15.7. The predicted octanol–water partition coefficient (Wildman–Crippen LogP) is 4.54. The third kappa shape index (κ3) is 3.24. The zero-order chi connectivity index (χ0) is 17.2. The van der Waals surface area contributed by atoms with Crippen LogP contribution in [0.1, 0.15) is 16.1 Å². The number of fused-ring (bicyclic) bond motifs is 1. The predicted molar refractivity (Wildman–Crippen MR) is 100 cm³/mol. The summed E-state index contributed by atoms with van der Waals surface area (Å²) in [6, 6.07) is 15.1. The van der Waals surface area contributed by atoms with Crippen molar-refractivity contribution in [3.63, 3.8) is 0 Å². The van der Waals surface area contributed by atoms with Crippen LogP contribution in [0.2, 0.25) is 0 Å². The first-order valence-corrected chi connectivity index (χ1v) is 8.84. The van der Waals surface area contributed by atoms with Gasteiger partial charge in [-0.1, -0.05) is 24.4 Å². The van der Waals surface area contributed by atoms with Gasteiger partial charge in [-0.15, -0.1) is 11.3 Å². The molecule has 0 spiro atoms. The summed E-state index contributed by atoms with van der Waals surface area (Å²) in [5.41, 5.74) is 1.39. The lowest BCUT2D eigenvalue weighted by Gasteiger charge is -2.03. The molecular formula is C18H13N3O2S2. The topological polar surface area (TPSA) is 70.9 Å². The van der Waals surface area contributed by atoms with Gasteiger partial charge in [-0.2, -0.15) is 0 Å². The van der Waals surface area contributed by atoms with Gasteiger partial charge in [0.15, 0.2) is 10.8 Å². The van der Waals surface area contributed by atoms with Crippen LogP contribution in [0.15, 0.2) is 59.1 Å². The van der Waals surface area contributed by atoms with E-state index in [1.54, 1.807) is 29.7 Å². The maximum absolute atomic E-state index is 12.2. The number of aromatic nitrogens is 2. The maximum Gasteiger partial charge on any atom is 0.254 e. The standard InChI is InChI=1S/C18H13N3O2S2/c22-16(12-4-3-9-19-17(12)24)20-10-11-7-8-14(23-11)18-21-13-5-1-2-6-15(13)25-18/h1-9H,10H2,(H,19,24)(H,20,22). The summed E-state index contributed by atoms with van der Waals surface area (Å²) in [5.74, 6) is 1.12. The van der Waals surface area contributed by atoms with Crippen molar-refractivity contribution in [2.24, 2.45) is 0 Å². The molecule has 0 radical (unpaired) electrons. The summed E-state index contributed by atoms with van der Waals surface area (Å²) in [7, 11) is 0. The molecular weight excluding hydrogens is 354 g/mol. The van der Waals surface area contributed by atoms with Crippen molar-refractivity contribution in [3.05, 3.63) is 70.7 Å². The number of para-hydroxylation sites is 1. The number of carbonyl (C=O) groups excluding carboxylic acids is 1. The average Bonchev–Trinajstić information content (AvgIpc) is 3.26. The number of amides is 1. The zero-order valence-corrected chi connectivity index (χ0v) is 14.6. The number of hydrogen-bond donors (Lipinski definition) is 2. The van der Waals surface area contributed by atoms with E-state index in [2.05, 4.69) is 15.3 Å². The minimum Gasteiger partial charge on any atom is -0.457 e. The first-order valence-electron chi connectivity index (χ1n) is 7.61. The second kappa shape index (κ2) is 6.62. The molecule has 0 unspecified atom stereocenters. The van der Waals surface area contributed by atoms with E-state index >= 15 is 0 Å². The van der Waals surface area contributed by atoms with Crippen molar-refractivity contribution in [2.75, 3.05) is 0 Å². The SMILES string of the molecule is O=C(NCc1ccc(-c2nc3ccccc3s2)o1)c1ccc[nH]c1=S. The van der Waals surface area contributed by atoms with Gasteiger partial charge in [-0.05, 0) is 36.4 Å². The summed E-state index contributed by atoms with van der Waals surface area (Å²) < 4.78 is 7.34. The number of furan rings is 1. The molecule has 1 amide bonds. The van der Waals surface area contributed by atoms with Crippen molar-refractivity contribution in [3.8, 4) is 10.8 Å². The van der Waals surface area contributed by atoms with Crippen molar-refractivity contribution in [1.82, 2.24) is 15.3 Å². The lowest BCUT2D eigenvalue weighted by molar-refractivity contribution is 0.0947. The van der Waals surface area contributed by atoms with Gasteiger partial charge in [0.05, 0.1) is 22.3 Å². The second-order valence-corrected chi connectivity index (χ2v) is 6.79. The number of hydrogen-bond acceptors (Lipinski definition) is 5. The van der Waals surface area contributed by atoms with Crippen molar-refractivity contribution < 1.29 is 9.21 Å². The van der Waals surface area contributed by atoms with Gasteiger partial charge in [0, 0.05) is 6.20 Å². The van der Waals surface area contributed by atoms with Gasteiger partial charge in [-0.25, -0.2) is 4.98 Å². The lowest BCUT2D eigenvalue weighted by Crippen LogP contribution is -2.23. The maximum atomic E-state index is 12.2. The highest BCUT2D eigenvalue weighted by molar-refractivity contribution is 7.71. The molecule has 5 nitrogen and oxygen atoms in total. The van der Waals surface area contributed by atoms with Gasteiger partial charge in [0.25, 0.3) is 5.91 Å². The molecule has 0 saturated heterocycles. The summed E-state index contributed by atoms with van der Waals surface area (Å²) in [6.45, 7) is 0.285. The van der Waals surface area contributed by atoms with Crippen LogP contribution in [0, 0.1) is 4.64 Å². The highest BCUT2D eigenvalue weighted by Gasteiger charge is 2.12. The Morgan fingerprint density at radius 1 is 1.20 bits per heavy atom. The van der Waals surface area contributed by atoms with Crippen LogP contribution in [-0.2, 0) is 6.54 Å². The molecule has 0 fully saturated rings. The monoisotopic (exact) mass is 367 g/mol. The van der Waals surface area contributed by atoms with Crippen molar-refractivity contribution in [2.45, 2.75) is 6.54 Å². The molecule has 0 aliphatic heterocycles. The number of H-pyrrole nitrogens is 1. The molecule has 3 aromatic heterocycles. The quantitative estimate of drug-likeness (QED) is 0.519. The Morgan fingerprint density at radius 2 is 2.08 bits per heavy atom. The molecule has 3 heterocycles. The fraction of sp³-hybridized carbons (Fsp3) is 0.0556. The van der Waals surface area contributed by atoms with Gasteiger partial charge in [0.2, 0.25) is 0 Å². The number of benzene rings is 1. The molecule has 7 heteroatoms. The van der Waals surface area contributed by atoms with E-state index in [-0.39, 0.29) is 12.5 Å². The Hall–Kier alpha value is -2.77. The van der Waals surface area contributed by atoms with Crippen LogP contribution in [0.3, 0.4) is 0 Å². The molecule has 1 aromatic carbocycles. The number of nitrogens with one attached hydrogen (secondary N) is 2. The molecule has 0 aliphatic rings. The fourth-order valence-electron chi connectivity index (χ4n) is 2.43. The Balaban J connectivity index is 1.49. The van der Waals surface area contributed by atoms with E-state index in [9.17, 15) is 4.79 Å². The fourth-order valence-corrected chi connectivity index (χ4v) is 3.58. The van der Waals surface area contributed by atoms with Crippen LogP contribution < -0.4 is 5.32 Å². The Morgan fingerprint density at radius 3 is 2.92 bits per heavy atom. The largest absolute Gasteiger partial charge is 0.457 e. The average molecular weight is 367 g/mol. The van der Waals surface area contributed by atoms with E-state index < -0.39 is 0 Å². The minimum absolute atomic E-state index is 0.236. The third-order valence-corrected chi connectivity index (χ3v) is 5.04. The molecule has 4 rings (SSSR count). The highest BCUT2D eigenvalue weighted by atomic mass is 32.1. The smallest absolute Gasteiger partial charge is 0.254 e. The highest BCUT2D eigenvalue weighted by Crippen LogP contribution is 2.31. The summed E-state index contributed by atoms with van der Waals surface area (Å²) in [4.78, 5) is 19.6. The molecule has 2 N–H and O–H groups in total. The number of carbonyl (C=O) groups is 1. The van der Waals surface area contributed by atoms with E-state index in [0.29, 0.717) is 21.7 Å². The van der Waals surface area contributed by atoms with Crippen LogP contribution >= 0.6 is 23.6 Å². The lowest BCUT2D eigenvalue weighted by atomic mass is 10.2. The zero-order valence-electron chi connectivity index (χ0n) is 13.0. The van der Waals surface area contributed by atoms with Crippen LogP contribution in [0.25, 0.3) is 21.0 Å². The summed E-state index contributed by atoms with van der Waals surface area (Å²) >= 11 is 6.69. The van der Waals surface area contributed by atoms with E-state index in [0.717, 1.165) is 15.2 Å². The number of aromatic amines is 1. The third-order valence-electron chi connectivity index (χ3n) is 3.65. The van der Waals surface area contributed by atoms with Gasteiger partial charge in [-0.3, -0.25) is 4.79 Å². The van der Waals surface area contributed by atoms with E-state index in [1.165, 1.54) is 0 Å². The van der Waals surface area contributed by atoms with Crippen LogP contribution in [-0.4, -0.2) is 15.9 Å². The molecule has 4 aromatic rings.